The van der Waals surface area contributed by atoms with Crippen LogP contribution in [0.5, 0.6) is 11.6 Å². The SMILES string of the molecule is Cc1nn(C)c(Oc2cccnc2)c1NC(=O)c1ccc2c(c1)CCCC(=O)N2. The number of amides is 2. The van der Waals surface area contributed by atoms with E-state index in [-0.39, 0.29) is 11.8 Å². The maximum atomic E-state index is 12.9. The zero-order valence-electron chi connectivity index (χ0n) is 16.2. The van der Waals surface area contributed by atoms with Gasteiger partial charge in [0.15, 0.2) is 0 Å². The number of hydrogen-bond acceptors (Lipinski definition) is 5. The van der Waals surface area contributed by atoms with Crippen molar-refractivity contribution in [3.05, 3.63) is 59.5 Å². The Morgan fingerprint density at radius 2 is 2.14 bits per heavy atom. The number of hydrogen-bond donors (Lipinski definition) is 2. The molecule has 0 bridgehead atoms. The molecule has 0 fully saturated rings. The van der Waals surface area contributed by atoms with E-state index in [2.05, 4.69) is 20.7 Å². The maximum Gasteiger partial charge on any atom is 0.255 e. The van der Waals surface area contributed by atoms with E-state index >= 15 is 0 Å². The first kappa shape index (κ1) is 18.7. The summed E-state index contributed by atoms with van der Waals surface area (Å²) in [5.74, 6) is 0.706. The highest BCUT2D eigenvalue weighted by molar-refractivity contribution is 6.06. The summed E-state index contributed by atoms with van der Waals surface area (Å²) in [6, 6.07) is 8.85. The number of ether oxygens (including phenoxy) is 1. The number of benzene rings is 1. The summed E-state index contributed by atoms with van der Waals surface area (Å²) in [5.41, 5.74) is 3.38. The number of aromatic nitrogens is 3. The van der Waals surface area contributed by atoms with Crippen molar-refractivity contribution in [1.82, 2.24) is 14.8 Å². The molecule has 4 rings (SSSR count). The molecule has 8 heteroatoms. The Bertz CT molecular complexity index is 1080. The average molecular weight is 391 g/mol. The van der Waals surface area contributed by atoms with Gasteiger partial charge in [-0.15, -0.1) is 0 Å². The van der Waals surface area contributed by atoms with Gasteiger partial charge in [-0.25, -0.2) is 4.68 Å². The molecule has 0 atom stereocenters. The molecule has 1 aromatic carbocycles. The highest BCUT2D eigenvalue weighted by Crippen LogP contribution is 2.32. The van der Waals surface area contributed by atoms with Gasteiger partial charge in [-0.05, 0) is 55.7 Å². The minimum absolute atomic E-state index is 0.00382. The molecule has 0 spiro atoms. The van der Waals surface area contributed by atoms with Crippen molar-refractivity contribution >= 4 is 23.2 Å². The van der Waals surface area contributed by atoms with Gasteiger partial charge in [0, 0.05) is 30.9 Å². The van der Waals surface area contributed by atoms with Gasteiger partial charge in [-0.2, -0.15) is 5.10 Å². The Labute approximate surface area is 167 Å². The molecular formula is C21H21N5O3. The molecule has 8 nitrogen and oxygen atoms in total. The van der Waals surface area contributed by atoms with Crippen LogP contribution < -0.4 is 15.4 Å². The minimum atomic E-state index is -0.268. The van der Waals surface area contributed by atoms with Crippen LogP contribution in [0.1, 0.15) is 34.5 Å². The standard InChI is InChI=1S/C21H21N5O3/c1-13-19(21(26(2)25-13)29-16-6-4-10-22-12-16)24-20(28)15-8-9-17-14(11-15)5-3-7-18(27)23-17/h4,6,8-12H,3,5,7H2,1-2H3,(H,23,27)(H,24,28). The number of carbonyl (C=O) groups excluding carboxylic acids is 2. The molecular weight excluding hydrogens is 370 g/mol. The van der Waals surface area contributed by atoms with Gasteiger partial charge in [0.1, 0.15) is 11.4 Å². The molecule has 2 N–H and O–H groups in total. The number of anilines is 2. The Balaban J connectivity index is 1.59. The lowest BCUT2D eigenvalue weighted by Gasteiger charge is -2.11. The monoisotopic (exact) mass is 391 g/mol. The summed E-state index contributed by atoms with van der Waals surface area (Å²) in [4.78, 5) is 28.7. The molecule has 0 saturated heterocycles. The van der Waals surface area contributed by atoms with E-state index in [0.29, 0.717) is 35.0 Å². The van der Waals surface area contributed by atoms with Crippen LogP contribution in [0.3, 0.4) is 0 Å². The molecule has 0 saturated carbocycles. The highest BCUT2D eigenvalue weighted by atomic mass is 16.5. The Morgan fingerprint density at radius 1 is 1.28 bits per heavy atom. The minimum Gasteiger partial charge on any atom is -0.436 e. The van der Waals surface area contributed by atoms with Crippen molar-refractivity contribution in [2.45, 2.75) is 26.2 Å². The normalized spacial score (nSPS) is 13.2. The van der Waals surface area contributed by atoms with Crippen molar-refractivity contribution < 1.29 is 14.3 Å². The van der Waals surface area contributed by atoms with Crippen LogP contribution in [0.2, 0.25) is 0 Å². The molecule has 2 amide bonds. The Morgan fingerprint density at radius 3 is 2.93 bits per heavy atom. The third-order valence-electron chi connectivity index (χ3n) is 4.75. The van der Waals surface area contributed by atoms with Crippen LogP contribution in [0.4, 0.5) is 11.4 Å². The molecule has 0 aliphatic carbocycles. The number of rotatable bonds is 4. The largest absolute Gasteiger partial charge is 0.436 e. The van der Waals surface area contributed by atoms with Crippen LogP contribution in [0, 0.1) is 6.92 Å². The topological polar surface area (TPSA) is 98.1 Å². The Hall–Kier alpha value is -3.68. The lowest BCUT2D eigenvalue weighted by Crippen LogP contribution is -2.14. The molecule has 2 aromatic heterocycles. The molecule has 29 heavy (non-hydrogen) atoms. The van der Waals surface area contributed by atoms with Gasteiger partial charge in [0.25, 0.3) is 5.91 Å². The average Bonchev–Trinajstić information content (AvgIpc) is 2.86. The van der Waals surface area contributed by atoms with E-state index < -0.39 is 0 Å². The first-order chi connectivity index (χ1) is 14.0. The molecule has 3 heterocycles. The van der Waals surface area contributed by atoms with Crippen LogP contribution >= 0.6 is 0 Å². The van der Waals surface area contributed by atoms with Gasteiger partial charge in [0.05, 0.1) is 11.9 Å². The number of nitrogens with one attached hydrogen (secondary N) is 2. The highest BCUT2D eigenvalue weighted by Gasteiger charge is 2.20. The fraction of sp³-hybridized carbons (Fsp3) is 0.238. The zero-order chi connectivity index (χ0) is 20.4. The molecule has 1 aliphatic heterocycles. The predicted octanol–water partition coefficient (Wildman–Crippen LogP) is 3.44. The smallest absolute Gasteiger partial charge is 0.255 e. The van der Waals surface area contributed by atoms with E-state index in [1.54, 1.807) is 55.3 Å². The molecule has 148 valence electrons. The summed E-state index contributed by atoms with van der Waals surface area (Å²) >= 11 is 0. The van der Waals surface area contributed by atoms with Crippen LogP contribution in [-0.4, -0.2) is 26.6 Å². The fourth-order valence-electron chi connectivity index (χ4n) is 3.32. The summed E-state index contributed by atoms with van der Waals surface area (Å²) in [7, 11) is 1.75. The number of nitrogens with zero attached hydrogens (tertiary/aromatic N) is 3. The lowest BCUT2D eigenvalue weighted by molar-refractivity contribution is -0.116. The fourth-order valence-corrected chi connectivity index (χ4v) is 3.32. The first-order valence-corrected chi connectivity index (χ1v) is 9.37. The van der Waals surface area contributed by atoms with E-state index in [1.807, 2.05) is 6.07 Å². The van der Waals surface area contributed by atoms with E-state index in [1.165, 1.54) is 0 Å². The number of pyridine rings is 1. The third kappa shape index (κ3) is 3.96. The Kier molecular flexibility index (Phi) is 4.99. The van der Waals surface area contributed by atoms with E-state index in [4.69, 9.17) is 4.74 Å². The van der Waals surface area contributed by atoms with E-state index in [9.17, 15) is 9.59 Å². The molecule has 3 aromatic rings. The van der Waals surface area contributed by atoms with Crippen molar-refractivity contribution in [2.24, 2.45) is 7.05 Å². The van der Waals surface area contributed by atoms with Gasteiger partial charge in [-0.3, -0.25) is 14.6 Å². The molecule has 0 radical (unpaired) electrons. The lowest BCUT2D eigenvalue weighted by atomic mass is 10.0. The molecule has 1 aliphatic rings. The summed E-state index contributed by atoms with van der Waals surface area (Å²) in [5, 5.41) is 10.1. The summed E-state index contributed by atoms with van der Waals surface area (Å²) < 4.78 is 7.47. The quantitative estimate of drug-likeness (QED) is 0.710. The first-order valence-electron chi connectivity index (χ1n) is 9.37. The second-order valence-electron chi connectivity index (χ2n) is 6.91. The van der Waals surface area contributed by atoms with Crippen molar-refractivity contribution in [1.29, 1.82) is 0 Å². The predicted molar refractivity (Wildman–Crippen MR) is 108 cm³/mol. The maximum absolute atomic E-state index is 12.9. The van der Waals surface area contributed by atoms with Crippen LogP contribution in [0.15, 0.2) is 42.7 Å². The number of aryl methyl sites for hydroxylation is 3. The van der Waals surface area contributed by atoms with Crippen molar-refractivity contribution in [2.75, 3.05) is 10.6 Å². The summed E-state index contributed by atoms with van der Waals surface area (Å²) in [6.45, 7) is 1.80. The van der Waals surface area contributed by atoms with Crippen LogP contribution in [-0.2, 0) is 18.3 Å². The van der Waals surface area contributed by atoms with Gasteiger partial charge < -0.3 is 15.4 Å². The van der Waals surface area contributed by atoms with Gasteiger partial charge in [-0.1, -0.05) is 0 Å². The second kappa shape index (κ2) is 7.75. The van der Waals surface area contributed by atoms with Gasteiger partial charge >= 0.3 is 0 Å². The van der Waals surface area contributed by atoms with Crippen molar-refractivity contribution in [3.8, 4) is 11.6 Å². The summed E-state index contributed by atoms with van der Waals surface area (Å²) in [6.07, 6.45) is 5.24. The van der Waals surface area contributed by atoms with Gasteiger partial charge in [0.2, 0.25) is 11.8 Å². The molecule has 0 unspecified atom stereocenters. The second-order valence-corrected chi connectivity index (χ2v) is 6.91. The van der Waals surface area contributed by atoms with Crippen LogP contribution in [0.25, 0.3) is 0 Å². The zero-order valence-corrected chi connectivity index (χ0v) is 16.2. The number of carbonyl (C=O) groups is 2. The third-order valence-corrected chi connectivity index (χ3v) is 4.75. The van der Waals surface area contributed by atoms with E-state index in [0.717, 1.165) is 24.1 Å². The number of fused-ring (bicyclic) bond motifs is 1. The van der Waals surface area contributed by atoms with Crippen molar-refractivity contribution in [3.63, 3.8) is 0 Å².